The second-order valence-electron chi connectivity index (χ2n) is 4.81. The van der Waals surface area contributed by atoms with E-state index < -0.39 is 11.9 Å². The second-order valence-corrected chi connectivity index (χ2v) is 4.81. The molecular formula is C19H16O6. The predicted molar refractivity (Wildman–Crippen MR) is 89.4 cm³/mol. The summed E-state index contributed by atoms with van der Waals surface area (Å²) < 4.78 is 14.9. The lowest BCUT2D eigenvalue weighted by atomic mass is 10.1. The van der Waals surface area contributed by atoms with Crippen molar-refractivity contribution in [2.45, 2.75) is 6.92 Å². The predicted octanol–water partition coefficient (Wildman–Crippen LogP) is 3.36. The summed E-state index contributed by atoms with van der Waals surface area (Å²) in [5, 5.41) is 0. The molecule has 6 nitrogen and oxygen atoms in total. The Morgan fingerprint density at radius 3 is 2.48 bits per heavy atom. The number of furan rings is 1. The van der Waals surface area contributed by atoms with Crippen LogP contribution in [0.3, 0.4) is 0 Å². The summed E-state index contributed by atoms with van der Waals surface area (Å²) in [6, 6.07) is 8.98. The molecule has 0 unspecified atom stereocenters. The topological polar surface area (TPSA) is 82.8 Å². The Balaban J connectivity index is 1.87. The maximum atomic E-state index is 12.0. The van der Waals surface area contributed by atoms with E-state index in [0.717, 1.165) is 0 Å². The molecule has 0 saturated carbocycles. The molecule has 1 aromatic heterocycles. The first-order valence-corrected chi connectivity index (χ1v) is 7.45. The monoisotopic (exact) mass is 340 g/mol. The number of ketones is 1. The van der Waals surface area contributed by atoms with E-state index in [2.05, 4.69) is 0 Å². The van der Waals surface area contributed by atoms with Gasteiger partial charge in [-0.1, -0.05) is 18.2 Å². The van der Waals surface area contributed by atoms with E-state index in [1.165, 1.54) is 48.7 Å². The molecule has 1 aromatic carbocycles. The van der Waals surface area contributed by atoms with Gasteiger partial charge in [0, 0.05) is 11.6 Å². The highest BCUT2D eigenvalue weighted by molar-refractivity contribution is 5.98. The zero-order chi connectivity index (χ0) is 18.1. The molecule has 0 saturated heterocycles. The normalized spacial score (nSPS) is 10.9. The van der Waals surface area contributed by atoms with Crippen molar-refractivity contribution >= 4 is 17.7 Å². The molecule has 128 valence electrons. The van der Waals surface area contributed by atoms with Crippen molar-refractivity contribution in [2.24, 2.45) is 0 Å². The average Bonchev–Trinajstić information content (AvgIpc) is 3.15. The zero-order valence-electron chi connectivity index (χ0n) is 13.5. The van der Waals surface area contributed by atoms with E-state index in [-0.39, 0.29) is 23.9 Å². The third kappa shape index (κ3) is 5.62. The van der Waals surface area contributed by atoms with Crippen molar-refractivity contribution in [1.29, 1.82) is 0 Å². The number of rotatable bonds is 7. The standard InChI is InChI=1S/C19H16O6/c1-2-3-4-7-18(21)24-13-16(20)14-8-10-15(11-9-14)25-19(22)17-6-5-12-23-17/h2-12H,13H2,1H3/b3-2+,7-4+. The first-order valence-electron chi connectivity index (χ1n) is 7.45. The molecule has 2 rings (SSSR count). The highest BCUT2D eigenvalue weighted by Crippen LogP contribution is 2.15. The first kappa shape index (κ1) is 17.9. The minimum absolute atomic E-state index is 0.0815. The van der Waals surface area contributed by atoms with Crippen LogP contribution in [0.15, 0.2) is 71.4 Å². The maximum Gasteiger partial charge on any atom is 0.379 e. The number of hydrogen-bond acceptors (Lipinski definition) is 6. The fourth-order valence-electron chi connectivity index (χ4n) is 1.77. The van der Waals surface area contributed by atoms with Crippen molar-refractivity contribution in [3.63, 3.8) is 0 Å². The fraction of sp³-hybridized carbons (Fsp3) is 0.105. The van der Waals surface area contributed by atoms with Gasteiger partial charge in [-0.3, -0.25) is 4.79 Å². The van der Waals surface area contributed by atoms with Gasteiger partial charge in [-0.05, 0) is 43.3 Å². The van der Waals surface area contributed by atoms with Crippen LogP contribution in [0.25, 0.3) is 0 Å². The summed E-state index contributed by atoms with van der Waals surface area (Å²) in [5.74, 6) is -1.25. The summed E-state index contributed by atoms with van der Waals surface area (Å²) in [7, 11) is 0. The molecule has 0 atom stereocenters. The highest BCUT2D eigenvalue weighted by Gasteiger charge is 2.12. The third-order valence-electron chi connectivity index (χ3n) is 2.99. The van der Waals surface area contributed by atoms with E-state index in [9.17, 15) is 14.4 Å². The molecule has 0 bridgehead atoms. The van der Waals surface area contributed by atoms with Crippen LogP contribution in [0.4, 0.5) is 0 Å². The SMILES string of the molecule is C/C=C/C=C/C(=O)OCC(=O)c1ccc(OC(=O)c2ccco2)cc1. The summed E-state index contributed by atoms with van der Waals surface area (Å²) in [6.45, 7) is 1.44. The molecule has 25 heavy (non-hydrogen) atoms. The van der Waals surface area contributed by atoms with Crippen molar-refractivity contribution in [3.8, 4) is 5.75 Å². The largest absolute Gasteiger partial charge is 0.457 e. The van der Waals surface area contributed by atoms with Gasteiger partial charge in [0.2, 0.25) is 5.76 Å². The van der Waals surface area contributed by atoms with Gasteiger partial charge in [-0.25, -0.2) is 9.59 Å². The van der Waals surface area contributed by atoms with E-state index in [1.807, 2.05) is 6.92 Å². The molecule has 0 spiro atoms. The number of ether oxygens (including phenoxy) is 2. The Kier molecular flexibility index (Phi) is 6.47. The van der Waals surface area contributed by atoms with Gasteiger partial charge in [-0.15, -0.1) is 0 Å². The molecule has 6 heteroatoms. The van der Waals surface area contributed by atoms with Gasteiger partial charge in [-0.2, -0.15) is 0 Å². The number of Topliss-reactive ketones (excluding diaryl/α,β-unsaturated/α-hetero) is 1. The Labute approximate surface area is 144 Å². The zero-order valence-corrected chi connectivity index (χ0v) is 13.5. The minimum atomic E-state index is -0.633. The van der Waals surface area contributed by atoms with Crippen LogP contribution < -0.4 is 4.74 Å². The van der Waals surface area contributed by atoms with Gasteiger partial charge in [0.05, 0.1) is 6.26 Å². The van der Waals surface area contributed by atoms with Crippen molar-refractivity contribution in [2.75, 3.05) is 6.61 Å². The van der Waals surface area contributed by atoms with Gasteiger partial charge in [0.25, 0.3) is 0 Å². The smallest absolute Gasteiger partial charge is 0.379 e. The molecule has 0 aliphatic rings. The molecule has 2 aromatic rings. The number of allylic oxidation sites excluding steroid dienone is 3. The Morgan fingerprint density at radius 1 is 1.08 bits per heavy atom. The van der Waals surface area contributed by atoms with Crippen molar-refractivity contribution in [3.05, 3.63) is 78.3 Å². The summed E-state index contributed by atoms with van der Waals surface area (Å²) in [4.78, 5) is 35.1. The molecule has 0 amide bonds. The lowest BCUT2D eigenvalue weighted by Crippen LogP contribution is -2.12. The van der Waals surface area contributed by atoms with Crippen LogP contribution in [0, 0.1) is 0 Å². The molecule has 0 aliphatic heterocycles. The van der Waals surface area contributed by atoms with Crippen LogP contribution in [0.2, 0.25) is 0 Å². The fourth-order valence-corrected chi connectivity index (χ4v) is 1.77. The summed E-state index contributed by atoms with van der Waals surface area (Å²) in [6.07, 6.45) is 7.55. The van der Waals surface area contributed by atoms with Gasteiger partial charge in [0.1, 0.15) is 5.75 Å². The number of hydrogen-bond donors (Lipinski definition) is 0. The molecule has 1 heterocycles. The molecule has 0 N–H and O–H groups in total. The Bertz CT molecular complexity index is 782. The van der Waals surface area contributed by atoms with E-state index in [1.54, 1.807) is 18.2 Å². The summed E-state index contributed by atoms with van der Waals surface area (Å²) in [5.41, 5.74) is 0.336. The van der Waals surface area contributed by atoms with Gasteiger partial charge >= 0.3 is 11.9 Å². The number of benzene rings is 1. The van der Waals surface area contributed by atoms with Crippen LogP contribution in [-0.4, -0.2) is 24.3 Å². The van der Waals surface area contributed by atoms with Crippen LogP contribution in [0.1, 0.15) is 27.8 Å². The van der Waals surface area contributed by atoms with Gasteiger partial charge < -0.3 is 13.9 Å². The number of carbonyl (C=O) groups excluding carboxylic acids is 3. The maximum absolute atomic E-state index is 12.0. The Hall–Kier alpha value is -3.41. The van der Waals surface area contributed by atoms with Crippen LogP contribution in [-0.2, 0) is 9.53 Å². The number of esters is 2. The van der Waals surface area contributed by atoms with Crippen molar-refractivity contribution in [1.82, 2.24) is 0 Å². The molecule has 0 fully saturated rings. The van der Waals surface area contributed by atoms with E-state index in [0.29, 0.717) is 5.56 Å². The Morgan fingerprint density at radius 2 is 1.84 bits per heavy atom. The lowest BCUT2D eigenvalue weighted by Gasteiger charge is -2.04. The van der Waals surface area contributed by atoms with Crippen LogP contribution >= 0.6 is 0 Å². The molecule has 0 radical (unpaired) electrons. The average molecular weight is 340 g/mol. The van der Waals surface area contributed by atoms with Gasteiger partial charge in [0.15, 0.2) is 12.4 Å². The van der Waals surface area contributed by atoms with E-state index in [4.69, 9.17) is 13.9 Å². The molecule has 0 aliphatic carbocycles. The first-order chi connectivity index (χ1) is 12.1. The minimum Gasteiger partial charge on any atom is -0.457 e. The highest BCUT2D eigenvalue weighted by atomic mass is 16.5. The van der Waals surface area contributed by atoms with E-state index >= 15 is 0 Å². The lowest BCUT2D eigenvalue weighted by molar-refractivity contribution is -0.136. The van der Waals surface area contributed by atoms with Crippen molar-refractivity contribution < 1.29 is 28.3 Å². The molecular weight excluding hydrogens is 324 g/mol. The third-order valence-corrected chi connectivity index (χ3v) is 2.99. The number of carbonyl (C=O) groups is 3. The second kappa shape index (κ2) is 9.02. The summed E-state index contributed by atoms with van der Waals surface area (Å²) >= 11 is 0. The quantitative estimate of drug-likeness (QED) is 0.253. The van der Waals surface area contributed by atoms with Crippen LogP contribution in [0.5, 0.6) is 5.75 Å².